The van der Waals surface area contributed by atoms with Crippen molar-refractivity contribution in [3.8, 4) is 5.75 Å². The van der Waals surface area contributed by atoms with Crippen molar-refractivity contribution in [3.05, 3.63) is 41.1 Å². The number of carbonyl (C=O) groups excluding carboxylic acids is 2. The number of amides is 2. The Morgan fingerprint density at radius 1 is 1.07 bits per heavy atom. The van der Waals surface area contributed by atoms with Gasteiger partial charge in [0.25, 0.3) is 0 Å². The van der Waals surface area contributed by atoms with Gasteiger partial charge >= 0.3 is 12.0 Å². The van der Waals surface area contributed by atoms with Crippen LogP contribution in [0.25, 0.3) is 0 Å². The minimum Gasteiger partial charge on any atom is -0.493 e. The van der Waals surface area contributed by atoms with Crippen LogP contribution >= 0.6 is 0 Å². The summed E-state index contributed by atoms with van der Waals surface area (Å²) in [5, 5.41) is 5.49. The molecule has 1 aromatic carbocycles. The number of benzene rings is 1. The maximum atomic E-state index is 12.6. The first kappa shape index (κ1) is 20.8. The van der Waals surface area contributed by atoms with Crippen LogP contribution in [0.1, 0.15) is 64.5 Å². The summed E-state index contributed by atoms with van der Waals surface area (Å²) in [5.41, 5.74) is 1.67. The number of para-hydroxylation sites is 1. The second kappa shape index (κ2) is 10.6. The van der Waals surface area contributed by atoms with Gasteiger partial charge in [-0.1, -0.05) is 51.3 Å². The molecular formula is C21H30N2O4. The Morgan fingerprint density at radius 3 is 2.59 bits per heavy atom. The minimum absolute atomic E-state index is 0.339. The predicted octanol–water partition coefficient (Wildman–Crippen LogP) is 4.23. The van der Waals surface area contributed by atoms with E-state index in [1.54, 1.807) is 6.92 Å². The Bertz CT molecular complexity index is 685. The quantitative estimate of drug-likeness (QED) is 0.475. The lowest BCUT2D eigenvalue weighted by molar-refractivity contribution is -0.139. The van der Waals surface area contributed by atoms with E-state index in [1.807, 2.05) is 31.2 Å². The van der Waals surface area contributed by atoms with Crippen molar-refractivity contribution in [2.75, 3.05) is 13.2 Å². The first-order valence-electron chi connectivity index (χ1n) is 9.75. The lowest BCUT2D eigenvalue weighted by Crippen LogP contribution is -2.45. The van der Waals surface area contributed by atoms with Gasteiger partial charge in [0.05, 0.1) is 24.8 Å². The summed E-state index contributed by atoms with van der Waals surface area (Å²) in [4.78, 5) is 24.6. The fourth-order valence-electron chi connectivity index (χ4n) is 3.03. The molecule has 148 valence electrons. The summed E-state index contributed by atoms with van der Waals surface area (Å²) in [5.74, 6) is 0.249. The Morgan fingerprint density at radius 2 is 1.85 bits per heavy atom. The van der Waals surface area contributed by atoms with Gasteiger partial charge in [0, 0.05) is 11.3 Å². The molecule has 0 radical (unpaired) electrons. The maximum absolute atomic E-state index is 12.6. The van der Waals surface area contributed by atoms with Gasteiger partial charge in [-0.3, -0.25) is 0 Å². The molecule has 27 heavy (non-hydrogen) atoms. The fraction of sp³-hybridized carbons (Fsp3) is 0.524. The predicted molar refractivity (Wildman–Crippen MR) is 104 cm³/mol. The maximum Gasteiger partial charge on any atom is 0.338 e. The van der Waals surface area contributed by atoms with Gasteiger partial charge in [-0.2, -0.15) is 0 Å². The van der Waals surface area contributed by atoms with Crippen LogP contribution in [0.3, 0.4) is 0 Å². The van der Waals surface area contributed by atoms with Crippen molar-refractivity contribution < 1.29 is 19.1 Å². The monoisotopic (exact) mass is 374 g/mol. The van der Waals surface area contributed by atoms with E-state index < -0.39 is 12.0 Å². The molecular weight excluding hydrogens is 344 g/mol. The molecule has 0 fully saturated rings. The summed E-state index contributed by atoms with van der Waals surface area (Å²) < 4.78 is 11.3. The number of urea groups is 1. The van der Waals surface area contributed by atoms with Gasteiger partial charge in [-0.25, -0.2) is 9.59 Å². The van der Waals surface area contributed by atoms with E-state index in [0.29, 0.717) is 30.2 Å². The minimum atomic E-state index is -0.602. The van der Waals surface area contributed by atoms with Crippen LogP contribution in [-0.2, 0) is 9.53 Å². The van der Waals surface area contributed by atoms with Crippen molar-refractivity contribution in [2.45, 2.75) is 58.9 Å². The highest BCUT2D eigenvalue weighted by atomic mass is 16.5. The molecule has 6 heteroatoms. The van der Waals surface area contributed by atoms with Crippen LogP contribution in [0.5, 0.6) is 5.75 Å². The SMILES string of the molecule is CCCCCCOc1ccccc1C1NC(=O)NC(C)=C1C(=O)OCCC. The number of hydrogen-bond acceptors (Lipinski definition) is 4. The molecule has 1 aromatic rings. The molecule has 1 aliphatic heterocycles. The summed E-state index contributed by atoms with van der Waals surface area (Å²) in [6.45, 7) is 6.76. The molecule has 2 N–H and O–H groups in total. The third-order valence-corrected chi connectivity index (χ3v) is 4.41. The lowest BCUT2D eigenvalue weighted by atomic mass is 9.95. The first-order valence-corrected chi connectivity index (χ1v) is 9.75. The molecule has 0 bridgehead atoms. The Labute approximate surface area is 161 Å². The molecule has 0 aromatic heterocycles. The molecule has 1 heterocycles. The second-order valence-electron chi connectivity index (χ2n) is 6.65. The molecule has 0 saturated carbocycles. The Kier molecular flexibility index (Phi) is 8.17. The lowest BCUT2D eigenvalue weighted by Gasteiger charge is -2.29. The van der Waals surface area contributed by atoms with E-state index in [0.717, 1.165) is 24.8 Å². The molecule has 2 rings (SSSR count). The molecule has 2 amide bonds. The van der Waals surface area contributed by atoms with Crippen LogP contribution in [0.2, 0.25) is 0 Å². The van der Waals surface area contributed by atoms with E-state index in [-0.39, 0.29) is 6.03 Å². The van der Waals surface area contributed by atoms with Crippen molar-refractivity contribution in [1.29, 1.82) is 0 Å². The fourth-order valence-corrected chi connectivity index (χ4v) is 3.03. The standard InChI is InChI=1S/C21H30N2O4/c1-4-6-7-10-14-26-17-12-9-8-11-16(17)19-18(20(24)27-13-5-2)15(3)22-21(25)23-19/h8-9,11-12,19H,4-7,10,13-14H2,1-3H3,(H2,22,23,25). The van der Waals surface area contributed by atoms with Crippen LogP contribution < -0.4 is 15.4 Å². The zero-order valence-electron chi connectivity index (χ0n) is 16.5. The number of nitrogens with one attached hydrogen (secondary N) is 2. The summed E-state index contributed by atoms with van der Waals surface area (Å²) in [6.07, 6.45) is 5.19. The Hall–Kier alpha value is -2.50. The van der Waals surface area contributed by atoms with Gasteiger partial charge in [0.15, 0.2) is 0 Å². The summed E-state index contributed by atoms with van der Waals surface area (Å²) in [6, 6.07) is 6.56. The summed E-state index contributed by atoms with van der Waals surface area (Å²) >= 11 is 0. The van der Waals surface area contributed by atoms with Crippen molar-refractivity contribution in [3.63, 3.8) is 0 Å². The zero-order valence-corrected chi connectivity index (χ0v) is 16.5. The molecule has 6 nitrogen and oxygen atoms in total. The van der Waals surface area contributed by atoms with Gasteiger partial charge in [0.2, 0.25) is 0 Å². The van der Waals surface area contributed by atoms with E-state index in [4.69, 9.17) is 9.47 Å². The number of hydrogen-bond donors (Lipinski definition) is 2. The van der Waals surface area contributed by atoms with Crippen molar-refractivity contribution in [2.24, 2.45) is 0 Å². The van der Waals surface area contributed by atoms with Crippen molar-refractivity contribution >= 4 is 12.0 Å². The number of carbonyl (C=O) groups is 2. The molecule has 0 aliphatic carbocycles. The third-order valence-electron chi connectivity index (χ3n) is 4.41. The molecule has 1 atom stereocenters. The highest BCUT2D eigenvalue weighted by Crippen LogP contribution is 2.33. The highest BCUT2D eigenvalue weighted by molar-refractivity contribution is 5.95. The molecule has 0 saturated heterocycles. The molecule has 1 unspecified atom stereocenters. The van der Waals surface area contributed by atoms with Gasteiger partial charge in [-0.15, -0.1) is 0 Å². The van der Waals surface area contributed by atoms with Gasteiger partial charge in [-0.05, 0) is 25.8 Å². The van der Waals surface area contributed by atoms with E-state index in [9.17, 15) is 9.59 Å². The van der Waals surface area contributed by atoms with Crippen LogP contribution in [0.4, 0.5) is 4.79 Å². The van der Waals surface area contributed by atoms with E-state index in [2.05, 4.69) is 17.6 Å². The largest absolute Gasteiger partial charge is 0.493 e. The first-order chi connectivity index (χ1) is 13.1. The second-order valence-corrected chi connectivity index (χ2v) is 6.65. The summed E-state index contributed by atoms with van der Waals surface area (Å²) in [7, 11) is 0. The highest BCUT2D eigenvalue weighted by Gasteiger charge is 2.33. The van der Waals surface area contributed by atoms with Crippen LogP contribution in [0.15, 0.2) is 35.5 Å². The third kappa shape index (κ3) is 5.74. The number of unbranched alkanes of at least 4 members (excludes halogenated alkanes) is 3. The van der Waals surface area contributed by atoms with Gasteiger partial charge < -0.3 is 20.1 Å². The van der Waals surface area contributed by atoms with Crippen LogP contribution in [0, 0.1) is 0 Å². The topological polar surface area (TPSA) is 76.7 Å². The average molecular weight is 374 g/mol. The number of ether oxygens (including phenoxy) is 2. The smallest absolute Gasteiger partial charge is 0.338 e. The Balaban J connectivity index is 2.24. The number of esters is 1. The number of rotatable bonds is 10. The zero-order chi connectivity index (χ0) is 19.6. The average Bonchev–Trinajstić information content (AvgIpc) is 2.65. The molecule has 1 aliphatic rings. The van der Waals surface area contributed by atoms with E-state index in [1.165, 1.54) is 12.8 Å². The molecule has 0 spiro atoms. The van der Waals surface area contributed by atoms with Crippen molar-refractivity contribution in [1.82, 2.24) is 10.6 Å². The van der Waals surface area contributed by atoms with Crippen LogP contribution in [-0.4, -0.2) is 25.2 Å². The number of allylic oxidation sites excluding steroid dienone is 1. The van der Waals surface area contributed by atoms with Gasteiger partial charge in [0.1, 0.15) is 5.75 Å². The normalized spacial score (nSPS) is 16.6. The van der Waals surface area contributed by atoms with E-state index >= 15 is 0 Å².